The minimum Gasteiger partial charge on any atom is -0.291 e. The zero-order valence-electron chi connectivity index (χ0n) is 9.69. The van der Waals surface area contributed by atoms with Gasteiger partial charge in [-0.2, -0.15) is 0 Å². The van der Waals surface area contributed by atoms with Crippen LogP contribution in [0.1, 0.15) is 24.4 Å². The van der Waals surface area contributed by atoms with E-state index in [4.69, 9.17) is 23.2 Å². The highest BCUT2D eigenvalue weighted by Crippen LogP contribution is 2.36. The van der Waals surface area contributed by atoms with Crippen LogP contribution in [0, 0.1) is 0 Å². The van der Waals surface area contributed by atoms with Crippen molar-refractivity contribution < 1.29 is 0 Å². The van der Waals surface area contributed by atoms with Crippen LogP contribution in [0.3, 0.4) is 0 Å². The molecule has 2 rings (SSSR count). The van der Waals surface area contributed by atoms with Gasteiger partial charge in [0.1, 0.15) is 0 Å². The molecule has 1 nitrogen and oxygen atoms in total. The van der Waals surface area contributed by atoms with Crippen LogP contribution in [-0.4, -0.2) is 29.2 Å². The van der Waals surface area contributed by atoms with Crippen LogP contribution in [0.2, 0.25) is 0 Å². The summed E-state index contributed by atoms with van der Waals surface area (Å²) in [5.74, 6) is 1.39. The summed E-state index contributed by atoms with van der Waals surface area (Å²) in [4.78, 5) is 2.45. The number of alkyl halides is 2. The van der Waals surface area contributed by atoms with Gasteiger partial charge in [-0.25, -0.2) is 0 Å². The molecule has 0 saturated carbocycles. The Kier molecular flexibility index (Phi) is 6.65. The van der Waals surface area contributed by atoms with Crippen molar-refractivity contribution in [3.63, 3.8) is 0 Å². The van der Waals surface area contributed by atoms with Crippen molar-refractivity contribution in [2.24, 2.45) is 0 Å². The minimum absolute atomic E-state index is 0. The van der Waals surface area contributed by atoms with E-state index in [1.807, 2.05) is 0 Å². The van der Waals surface area contributed by atoms with Crippen LogP contribution >= 0.6 is 35.6 Å². The molecule has 17 heavy (non-hydrogen) atoms. The van der Waals surface area contributed by atoms with Crippen LogP contribution in [0.15, 0.2) is 30.3 Å². The molecule has 1 fully saturated rings. The van der Waals surface area contributed by atoms with Gasteiger partial charge in [0.15, 0.2) is 0 Å². The molecule has 1 saturated heterocycles. The second-order valence-electron chi connectivity index (χ2n) is 4.24. The number of benzene rings is 1. The lowest BCUT2D eigenvalue weighted by Gasteiger charge is -2.28. The predicted molar refractivity (Wildman–Crippen MR) is 77.6 cm³/mol. The third kappa shape index (κ3) is 3.51. The molecule has 0 unspecified atom stereocenters. The van der Waals surface area contributed by atoms with Crippen molar-refractivity contribution >= 4 is 35.6 Å². The molecular weight excluding hydrogens is 277 g/mol. The van der Waals surface area contributed by atoms with E-state index in [0.29, 0.717) is 23.8 Å². The van der Waals surface area contributed by atoms with Crippen molar-refractivity contribution in [1.82, 2.24) is 4.90 Å². The number of hydrogen-bond donors (Lipinski definition) is 0. The molecule has 2 atom stereocenters. The monoisotopic (exact) mass is 293 g/mol. The van der Waals surface area contributed by atoms with Gasteiger partial charge in [-0.3, -0.25) is 4.90 Å². The number of likely N-dealkylation sites (tertiary alicyclic amines) is 1. The molecule has 96 valence electrons. The predicted octanol–water partition coefficient (Wildman–Crippen LogP) is 4.09. The van der Waals surface area contributed by atoms with E-state index in [-0.39, 0.29) is 12.4 Å². The van der Waals surface area contributed by atoms with E-state index in [9.17, 15) is 0 Å². The number of rotatable bonds is 4. The van der Waals surface area contributed by atoms with E-state index in [1.165, 1.54) is 18.4 Å². The molecule has 1 aromatic rings. The van der Waals surface area contributed by atoms with Crippen molar-refractivity contribution in [2.45, 2.75) is 24.9 Å². The number of halogens is 3. The Hall–Kier alpha value is 0.0500. The van der Waals surface area contributed by atoms with Crippen molar-refractivity contribution in [3.05, 3.63) is 35.9 Å². The lowest BCUT2D eigenvalue weighted by atomic mass is 10.0. The quantitative estimate of drug-likeness (QED) is 0.756. The van der Waals surface area contributed by atoms with Gasteiger partial charge in [-0.05, 0) is 18.4 Å². The fourth-order valence-corrected chi connectivity index (χ4v) is 3.10. The maximum atomic E-state index is 6.01. The summed E-state index contributed by atoms with van der Waals surface area (Å²) in [6, 6.07) is 11.6. The SMILES string of the molecule is Cl.ClCCN1[C@H](CCl)CC[C@H]1c1ccccc1. The summed E-state index contributed by atoms with van der Waals surface area (Å²) in [5, 5.41) is 0. The highest BCUT2D eigenvalue weighted by Gasteiger charge is 2.32. The highest BCUT2D eigenvalue weighted by molar-refractivity contribution is 6.18. The summed E-state index contributed by atoms with van der Waals surface area (Å²) >= 11 is 11.9. The Morgan fingerprint density at radius 2 is 1.82 bits per heavy atom. The van der Waals surface area contributed by atoms with Gasteiger partial charge in [0, 0.05) is 30.4 Å². The van der Waals surface area contributed by atoms with Crippen LogP contribution in [0.5, 0.6) is 0 Å². The lowest BCUT2D eigenvalue weighted by Crippen LogP contribution is -2.34. The molecule has 1 aliphatic heterocycles. The summed E-state index contributed by atoms with van der Waals surface area (Å²) in [7, 11) is 0. The largest absolute Gasteiger partial charge is 0.291 e. The lowest BCUT2D eigenvalue weighted by molar-refractivity contribution is 0.219. The highest BCUT2D eigenvalue weighted by atomic mass is 35.5. The maximum Gasteiger partial charge on any atom is 0.0379 e. The van der Waals surface area contributed by atoms with Crippen molar-refractivity contribution in [3.8, 4) is 0 Å². The first kappa shape index (κ1) is 15.1. The van der Waals surface area contributed by atoms with E-state index in [1.54, 1.807) is 0 Å². The Balaban J connectivity index is 0.00000144. The molecule has 1 aromatic carbocycles. The first-order valence-corrected chi connectivity index (χ1v) is 6.86. The average molecular weight is 295 g/mol. The fourth-order valence-electron chi connectivity index (χ4n) is 2.57. The molecule has 0 aromatic heterocycles. The van der Waals surface area contributed by atoms with Crippen molar-refractivity contribution in [1.29, 1.82) is 0 Å². The van der Waals surface area contributed by atoms with Crippen LogP contribution < -0.4 is 0 Å². The molecule has 0 aliphatic carbocycles. The first-order chi connectivity index (χ1) is 7.86. The molecule has 4 heteroatoms. The van der Waals surface area contributed by atoms with Crippen LogP contribution in [0.4, 0.5) is 0 Å². The van der Waals surface area contributed by atoms with Gasteiger partial charge < -0.3 is 0 Å². The second-order valence-corrected chi connectivity index (χ2v) is 4.93. The van der Waals surface area contributed by atoms with E-state index in [0.717, 1.165) is 6.54 Å². The molecular formula is C13H18Cl3N. The Labute approximate surface area is 119 Å². The fraction of sp³-hybridized carbons (Fsp3) is 0.538. The van der Waals surface area contributed by atoms with Gasteiger partial charge in [0.25, 0.3) is 0 Å². The molecule has 0 radical (unpaired) electrons. The minimum atomic E-state index is 0. The number of nitrogens with zero attached hydrogens (tertiary/aromatic N) is 1. The third-order valence-corrected chi connectivity index (χ3v) is 3.87. The summed E-state index contributed by atoms with van der Waals surface area (Å²) in [6.45, 7) is 0.929. The van der Waals surface area contributed by atoms with Crippen molar-refractivity contribution in [2.75, 3.05) is 18.3 Å². The molecule has 0 spiro atoms. The van der Waals surface area contributed by atoms with E-state index < -0.39 is 0 Å². The second kappa shape index (κ2) is 7.48. The maximum absolute atomic E-state index is 6.01. The molecule has 0 amide bonds. The molecule has 0 bridgehead atoms. The Morgan fingerprint density at radius 3 is 2.41 bits per heavy atom. The molecule has 1 heterocycles. The van der Waals surface area contributed by atoms with Crippen LogP contribution in [-0.2, 0) is 0 Å². The average Bonchev–Trinajstić information content (AvgIpc) is 2.74. The Bertz CT molecular complexity index is 318. The summed E-state index contributed by atoms with van der Waals surface area (Å²) in [6.07, 6.45) is 2.37. The van der Waals surface area contributed by atoms with Gasteiger partial charge in [-0.1, -0.05) is 30.3 Å². The van der Waals surface area contributed by atoms with Gasteiger partial charge in [0.2, 0.25) is 0 Å². The number of hydrogen-bond acceptors (Lipinski definition) is 1. The first-order valence-electron chi connectivity index (χ1n) is 5.79. The van der Waals surface area contributed by atoms with E-state index >= 15 is 0 Å². The molecule has 0 N–H and O–H groups in total. The zero-order chi connectivity index (χ0) is 11.4. The topological polar surface area (TPSA) is 3.24 Å². The third-order valence-electron chi connectivity index (χ3n) is 3.35. The standard InChI is InChI=1S/C13H17Cl2N.ClH/c14-8-9-16-12(10-15)6-7-13(16)11-4-2-1-3-5-11;/h1-5,12-13H,6-10H2;1H/t12-,13-;/m0./s1. The summed E-state index contributed by atoms with van der Waals surface area (Å²) in [5.41, 5.74) is 1.39. The smallest absolute Gasteiger partial charge is 0.0379 e. The van der Waals surface area contributed by atoms with Gasteiger partial charge in [-0.15, -0.1) is 35.6 Å². The summed E-state index contributed by atoms with van der Waals surface area (Å²) < 4.78 is 0. The Morgan fingerprint density at radius 1 is 1.12 bits per heavy atom. The van der Waals surface area contributed by atoms with E-state index in [2.05, 4.69) is 35.2 Å². The van der Waals surface area contributed by atoms with Crippen LogP contribution in [0.25, 0.3) is 0 Å². The van der Waals surface area contributed by atoms with Gasteiger partial charge in [0.05, 0.1) is 0 Å². The zero-order valence-corrected chi connectivity index (χ0v) is 12.0. The normalized spacial score (nSPS) is 24.6. The van der Waals surface area contributed by atoms with Gasteiger partial charge >= 0.3 is 0 Å². The molecule has 1 aliphatic rings.